The Morgan fingerprint density at radius 1 is 1.39 bits per heavy atom. The summed E-state index contributed by atoms with van der Waals surface area (Å²) < 4.78 is 5.69. The molecule has 2 rings (SSSR count). The lowest BCUT2D eigenvalue weighted by molar-refractivity contribution is 0.0134. The summed E-state index contributed by atoms with van der Waals surface area (Å²) in [7, 11) is 0. The highest BCUT2D eigenvalue weighted by Crippen LogP contribution is 2.15. The van der Waals surface area contributed by atoms with Crippen molar-refractivity contribution in [2.24, 2.45) is 0 Å². The molecule has 0 amide bonds. The Morgan fingerprint density at radius 2 is 2.33 bits per heavy atom. The van der Waals surface area contributed by atoms with Gasteiger partial charge in [0.05, 0.1) is 6.10 Å². The number of aromatic nitrogens is 2. The Morgan fingerprint density at radius 3 is 3.11 bits per heavy atom. The minimum atomic E-state index is 0.418. The normalized spacial score (nSPS) is 19.5. The maximum Gasteiger partial charge on any atom is 0.224 e. The van der Waals surface area contributed by atoms with Crippen LogP contribution in [0.1, 0.15) is 32.6 Å². The van der Waals surface area contributed by atoms with Gasteiger partial charge in [-0.25, -0.2) is 4.98 Å². The summed E-state index contributed by atoms with van der Waals surface area (Å²) in [6, 6.07) is 1.89. The molecule has 0 aliphatic carbocycles. The minimum Gasteiger partial charge on any atom is -0.378 e. The second kappa shape index (κ2) is 7.16. The largest absolute Gasteiger partial charge is 0.378 e. The molecule has 1 aromatic heterocycles. The Kier molecular flexibility index (Phi) is 5.20. The summed E-state index contributed by atoms with van der Waals surface area (Å²) in [6.45, 7) is 4.68. The van der Waals surface area contributed by atoms with Crippen LogP contribution in [0.25, 0.3) is 0 Å². The van der Waals surface area contributed by atoms with E-state index in [-0.39, 0.29) is 0 Å². The molecule has 0 spiro atoms. The number of ether oxygens (including phenoxy) is 1. The number of nitrogens with zero attached hydrogens (tertiary/aromatic N) is 2. The summed E-state index contributed by atoms with van der Waals surface area (Å²) in [6.07, 6.45) is 6.92. The first-order chi connectivity index (χ1) is 8.88. The first-order valence-corrected chi connectivity index (χ1v) is 6.81. The van der Waals surface area contributed by atoms with E-state index in [1.807, 2.05) is 13.0 Å². The monoisotopic (exact) mass is 250 g/mol. The summed E-state index contributed by atoms with van der Waals surface area (Å²) in [5.74, 6) is 1.55. The molecule has 0 aromatic carbocycles. The zero-order valence-electron chi connectivity index (χ0n) is 11.0. The molecule has 100 valence electrons. The Bertz CT molecular complexity index is 353. The molecular formula is C13H22N4O. The molecule has 5 heteroatoms. The average Bonchev–Trinajstić information content (AvgIpc) is 2.41. The topological polar surface area (TPSA) is 59.1 Å². The van der Waals surface area contributed by atoms with Gasteiger partial charge in [-0.15, -0.1) is 0 Å². The van der Waals surface area contributed by atoms with Gasteiger partial charge in [0.1, 0.15) is 5.82 Å². The number of nitrogens with one attached hydrogen (secondary N) is 2. The second-order valence-corrected chi connectivity index (χ2v) is 4.50. The number of hydrogen-bond acceptors (Lipinski definition) is 5. The second-order valence-electron chi connectivity index (χ2n) is 4.50. The zero-order valence-corrected chi connectivity index (χ0v) is 11.0. The van der Waals surface area contributed by atoms with Crippen LogP contribution in [0.4, 0.5) is 11.8 Å². The van der Waals surface area contributed by atoms with Crippen molar-refractivity contribution in [3.63, 3.8) is 0 Å². The van der Waals surface area contributed by atoms with Crippen LogP contribution in [0.15, 0.2) is 12.3 Å². The molecule has 1 aliphatic heterocycles. The fourth-order valence-electron chi connectivity index (χ4n) is 2.10. The first-order valence-electron chi connectivity index (χ1n) is 6.81. The van der Waals surface area contributed by atoms with Crippen LogP contribution >= 0.6 is 0 Å². The van der Waals surface area contributed by atoms with E-state index in [4.69, 9.17) is 4.74 Å². The standard InChI is InChI=1S/C13H22N4O/c1-2-14-13-16-9-7-12(17-13)15-8-6-11-5-3-4-10-18-11/h7,9,11H,2-6,8,10H2,1H3,(H2,14,15,16,17). The van der Waals surface area contributed by atoms with Crippen molar-refractivity contribution in [3.05, 3.63) is 12.3 Å². The predicted octanol–water partition coefficient (Wildman–Crippen LogP) is 2.28. The van der Waals surface area contributed by atoms with Crippen molar-refractivity contribution in [2.45, 2.75) is 38.7 Å². The Hall–Kier alpha value is -1.36. The van der Waals surface area contributed by atoms with Gasteiger partial charge in [-0.2, -0.15) is 4.98 Å². The van der Waals surface area contributed by atoms with E-state index in [1.165, 1.54) is 19.3 Å². The molecule has 1 unspecified atom stereocenters. The van der Waals surface area contributed by atoms with Crippen LogP contribution in [0, 0.1) is 0 Å². The smallest absolute Gasteiger partial charge is 0.224 e. The first kappa shape index (κ1) is 13.1. The molecular weight excluding hydrogens is 228 g/mol. The van der Waals surface area contributed by atoms with Crippen molar-refractivity contribution in [2.75, 3.05) is 30.3 Å². The lowest BCUT2D eigenvalue weighted by atomic mass is 10.1. The summed E-state index contributed by atoms with van der Waals surface area (Å²) in [5, 5.41) is 6.42. The highest BCUT2D eigenvalue weighted by molar-refractivity contribution is 5.39. The van der Waals surface area contributed by atoms with Gasteiger partial charge < -0.3 is 15.4 Å². The van der Waals surface area contributed by atoms with Gasteiger partial charge in [0.25, 0.3) is 0 Å². The van der Waals surface area contributed by atoms with Crippen LogP contribution in [0.2, 0.25) is 0 Å². The number of hydrogen-bond donors (Lipinski definition) is 2. The number of rotatable bonds is 6. The third kappa shape index (κ3) is 4.14. The minimum absolute atomic E-state index is 0.418. The quantitative estimate of drug-likeness (QED) is 0.811. The van der Waals surface area contributed by atoms with E-state index in [0.717, 1.165) is 31.9 Å². The van der Waals surface area contributed by atoms with Crippen LogP contribution in [0.5, 0.6) is 0 Å². The van der Waals surface area contributed by atoms with Crippen LogP contribution in [-0.4, -0.2) is 35.8 Å². The lowest BCUT2D eigenvalue weighted by Gasteiger charge is -2.22. The fraction of sp³-hybridized carbons (Fsp3) is 0.692. The molecule has 0 radical (unpaired) electrons. The van der Waals surface area contributed by atoms with E-state index in [2.05, 4.69) is 20.6 Å². The highest BCUT2D eigenvalue weighted by Gasteiger charge is 2.12. The van der Waals surface area contributed by atoms with E-state index in [9.17, 15) is 0 Å². The lowest BCUT2D eigenvalue weighted by Crippen LogP contribution is -2.22. The van der Waals surface area contributed by atoms with Gasteiger partial charge in [-0.3, -0.25) is 0 Å². The molecule has 0 saturated carbocycles. The van der Waals surface area contributed by atoms with Gasteiger partial charge in [0, 0.05) is 25.9 Å². The molecule has 1 aromatic rings. The van der Waals surface area contributed by atoms with Crippen molar-refractivity contribution < 1.29 is 4.74 Å². The van der Waals surface area contributed by atoms with Crippen molar-refractivity contribution in [1.82, 2.24) is 9.97 Å². The summed E-state index contributed by atoms with van der Waals surface area (Å²) in [4.78, 5) is 8.51. The summed E-state index contributed by atoms with van der Waals surface area (Å²) in [5.41, 5.74) is 0. The Balaban J connectivity index is 1.73. The van der Waals surface area contributed by atoms with E-state index < -0.39 is 0 Å². The van der Waals surface area contributed by atoms with Crippen LogP contribution in [0.3, 0.4) is 0 Å². The zero-order chi connectivity index (χ0) is 12.6. The predicted molar refractivity (Wildman–Crippen MR) is 72.9 cm³/mol. The average molecular weight is 250 g/mol. The highest BCUT2D eigenvalue weighted by atomic mass is 16.5. The van der Waals surface area contributed by atoms with Crippen LogP contribution in [-0.2, 0) is 4.74 Å². The summed E-state index contributed by atoms with van der Waals surface area (Å²) >= 11 is 0. The molecule has 1 aliphatic rings. The van der Waals surface area contributed by atoms with Gasteiger partial charge in [0.2, 0.25) is 5.95 Å². The van der Waals surface area contributed by atoms with Gasteiger partial charge >= 0.3 is 0 Å². The van der Waals surface area contributed by atoms with Crippen molar-refractivity contribution in [1.29, 1.82) is 0 Å². The van der Waals surface area contributed by atoms with E-state index >= 15 is 0 Å². The molecule has 18 heavy (non-hydrogen) atoms. The molecule has 1 atom stereocenters. The van der Waals surface area contributed by atoms with Crippen LogP contribution < -0.4 is 10.6 Å². The maximum absolute atomic E-state index is 5.69. The van der Waals surface area contributed by atoms with Gasteiger partial charge in [-0.05, 0) is 38.7 Å². The van der Waals surface area contributed by atoms with Crippen molar-refractivity contribution >= 4 is 11.8 Å². The molecule has 1 saturated heterocycles. The SMILES string of the molecule is CCNc1nccc(NCCC2CCCCO2)n1. The van der Waals surface area contributed by atoms with E-state index in [1.54, 1.807) is 6.20 Å². The van der Waals surface area contributed by atoms with Gasteiger partial charge in [0.15, 0.2) is 0 Å². The molecule has 2 heterocycles. The van der Waals surface area contributed by atoms with E-state index in [0.29, 0.717) is 12.1 Å². The number of anilines is 2. The van der Waals surface area contributed by atoms with Gasteiger partial charge in [-0.1, -0.05) is 0 Å². The third-order valence-corrected chi connectivity index (χ3v) is 3.04. The Labute approximate surface area is 108 Å². The fourth-order valence-corrected chi connectivity index (χ4v) is 2.10. The third-order valence-electron chi connectivity index (χ3n) is 3.04. The molecule has 0 bridgehead atoms. The van der Waals surface area contributed by atoms with Crippen molar-refractivity contribution in [3.8, 4) is 0 Å². The molecule has 2 N–H and O–H groups in total. The molecule has 1 fully saturated rings. The molecule has 5 nitrogen and oxygen atoms in total. The maximum atomic E-state index is 5.69.